The number of fused-ring (bicyclic) bond motifs is 1. The third-order valence-electron chi connectivity index (χ3n) is 6.40. The van der Waals surface area contributed by atoms with E-state index in [0.29, 0.717) is 17.4 Å². The minimum Gasteiger partial charge on any atom is -0.383 e. The van der Waals surface area contributed by atoms with E-state index in [1.807, 2.05) is 72.8 Å². The van der Waals surface area contributed by atoms with Gasteiger partial charge in [0.1, 0.15) is 5.82 Å². The molecule has 12 heteroatoms. The van der Waals surface area contributed by atoms with E-state index in [9.17, 15) is 14.4 Å². The minimum absolute atomic E-state index is 0.0865. The second-order valence-electron chi connectivity index (χ2n) is 8.89. The van der Waals surface area contributed by atoms with Crippen LogP contribution in [-0.2, 0) is 17.8 Å². The minimum atomic E-state index is -0.748. The smallest absolute Gasteiger partial charge is 0.330 e. The molecule has 39 heavy (non-hydrogen) atoms. The van der Waals surface area contributed by atoms with E-state index in [1.54, 1.807) is 0 Å². The van der Waals surface area contributed by atoms with Gasteiger partial charge in [-0.25, -0.2) is 9.47 Å². The summed E-state index contributed by atoms with van der Waals surface area (Å²) in [4.78, 5) is 41.5. The van der Waals surface area contributed by atoms with E-state index in [-0.39, 0.29) is 23.8 Å². The standard InChI is InChI=1S/C27H26N8O3S/c1-33(23-24(28)34(26(38)30-25(23)37)15-17-8-3-2-4-9-17)22(36)16-39-27-32-31-21(35(27)29)14-19-12-7-11-18-10-5-6-13-20(18)19/h2-13H,14-16,28-29H2,1H3,(H,30,37,38). The number of aromatic amines is 1. The Labute approximate surface area is 227 Å². The Kier molecular flexibility index (Phi) is 7.19. The van der Waals surface area contributed by atoms with Crippen LogP contribution < -0.4 is 27.7 Å². The first-order valence-electron chi connectivity index (χ1n) is 12.1. The maximum absolute atomic E-state index is 13.0. The van der Waals surface area contributed by atoms with E-state index in [4.69, 9.17) is 11.6 Å². The molecule has 0 spiro atoms. The highest BCUT2D eigenvalue weighted by atomic mass is 32.2. The number of hydrogen-bond donors (Lipinski definition) is 3. The van der Waals surface area contributed by atoms with Crippen molar-refractivity contribution in [3.8, 4) is 0 Å². The second kappa shape index (κ2) is 10.9. The molecule has 0 aliphatic rings. The molecule has 0 radical (unpaired) electrons. The number of rotatable bonds is 8. The summed E-state index contributed by atoms with van der Waals surface area (Å²) in [6.45, 7) is 0.141. The fraction of sp³-hybridized carbons (Fsp3) is 0.148. The number of H-pyrrole nitrogens is 1. The van der Waals surface area contributed by atoms with Crippen LogP contribution in [0.15, 0.2) is 87.5 Å². The monoisotopic (exact) mass is 542 g/mol. The molecular formula is C27H26N8O3S. The SMILES string of the molecule is CN(C(=O)CSc1nnc(Cc2cccc3ccccc23)n1N)c1c(N)n(Cc2ccccc2)c(=O)[nH]c1=O. The molecule has 0 saturated heterocycles. The van der Waals surface area contributed by atoms with Crippen molar-refractivity contribution in [3.05, 3.63) is 111 Å². The van der Waals surface area contributed by atoms with Crippen molar-refractivity contribution in [2.75, 3.05) is 29.3 Å². The van der Waals surface area contributed by atoms with Crippen LogP contribution in [0.25, 0.3) is 10.8 Å². The fourth-order valence-electron chi connectivity index (χ4n) is 4.32. The lowest BCUT2D eigenvalue weighted by atomic mass is 10.0. The Morgan fingerprint density at radius 3 is 2.51 bits per heavy atom. The van der Waals surface area contributed by atoms with Crippen LogP contribution in [0.2, 0.25) is 0 Å². The van der Waals surface area contributed by atoms with E-state index in [2.05, 4.69) is 15.2 Å². The summed E-state index contributed by atoms with van der Waals surface area (Å²) in [7, 11) is 1.43. The van der Waals surface area contributed by atoms with Gasteiger partial charge in [-0.05, 0) is 21.9 Å². The van der Waals surface area contributed by atoms with Crippen molar-refractivity contribution in [3.63, 3.8) is 0 Å². The highest BCUT2D eigenvalue weighted by Crippen LogP contribution is 2.23. The third-order valence-corrected chi connectivity index (χ3v) is 7.32. The summed E-state index contributed by atoms with van der Waals surface area (Å²) in [5.74, 6) is 6.18. The molecular weight excluding hydrogens is 516 g/mol. The average Bonchev–Trinajstić information content (AvgIpc) is 3.28. The zero-order chi connectivity index (χ0) is 27.5. The van der Waals surface area contributed by atoms with Crippen LogP contribution in [0.4, 0.5) is 11.5 Å². The van der Waals surface area contributed by atoms with Crippen molar-refractivity contribution in [1.29, 1.82) is 0 Å². The third kappa shape index (κ3) is 5.27. The number of thioether (sulfide) groups is 1. The predicted octanol–water partition coefficient (Wildman–Crippen LogP) is 1.97. The molecule has 3 aromatic carbocycles. The molecule has 5 rings (SSSR count). The Bertz CT molecular complexity index is 1770. The molecule has 0 unspecified atom stereocenters. The number of benzene rings is 3. The van der Waals surface area contributed by atoms with Gasteiger partial charge in [-0.1, -0.05) is 84.6 Å². The summed E-state index contributed by atoms with van der Waals surface area (Å²) in [5.41, 5.74) is 6.57. The quantitative estimate of drug-likeness (QED) is 0.198. The van der Waals surface area contributed by atoms with Crippen molar-refractivity contribution in [2.45, 2.75) is 18.1 Å². The van der Waals surface area contributed by atoms with Gasteiger partial charge in [0.15, 0.2) is 11.5 Å². The Hall–Kier alpha value is -4.84. The lowest BCUT2D eigenvalue weighted by Gasteiger charge is -2.20. The first-order chi connectivity index (χ1) is 18.8. The van der Waals surface area contributed by atoms with Gasteiger partial charge in [0.05, 0.1) is 12.3 Å². The zero-order valence-corrected chi connectivity index (χ0v) is 21.9. The molecule has 2 heterocycles. The number of carbonyl (C=O) groups is 1. The summed E-state index contributed by atoms with van der Waals surface area (Å²) in [6.07, 6.45) is 0.466. The van der Waals surface area contributed by atoms with Crippen molar-refractivity contribution in [1.82, 2.24) is 24.4 Å². The van der Waals surface area contributed by atoms with Gasteiger partial charge in [-0.15, -0.1) is 10.2 Å². The molecule has 0 aliphatic heterocycles. The molecule has 0 atom stereocenters. The number of hydrogen-bond acceptors (Lipinski definition) is 8. The molecule has 198 valence electrons. The Morgan fingerprint density at radius 2 is 1.72 bits per heavy atom. The number of nitrogen functional groups attached to an aromatic ring is 2. The molecule has 0 saturated carbocycles. The van der Waals surface area contributed by atoms with Crippen LogP contribution in [0.1, 0.15) is 17.0 Å². The Balaban J connectivity index is 1.31. The molecule has 2 aromatic heterocycles. The number of carbonyl (C=O) groups excluding carboxylic acids is 1. The summed E-state index contributed by atoms with van der Waals surface area (Å²) < 4.78 is 2.58. The highest BCUT2D eigenvalue weighted by molar-refractivity contribution is 7.99. The van der Waals surface area contributed by atoms with Gasteiger partial charge in [-0.3, -0.25) is 19.1 Å². The predicted molar refractivity (Wildman–Crippen MR) is 152 cm³/mol. The zero-order valence-electron chi connectivity index (χ0n) is 21.1. The average molecular weight is 543 g/mol. The topological polar surface area (TPSA) is 158 Å². The van der Waals surface area contributed by atoms with Gasteiger partial charge >= 0.3 is 5.69 Å². The maximum atomic E-state index is 13.0. The van der Waals surface area contributed by atoms with Crippen molar-refractivity contribution >= 4 is 39.9 Å². The van der Waals surface area contributed by atoms with E-state index in [1.165, 1.54) is 16.3 Å². The van der Waals surface area contributed by atoms with Gasteiger partial charge < -0.3 is 16.5 Å². The van der Waals surface area contributed by atoms with E-state index >= 15 is 0 Å². The van der Waals surface area contributed by atoms with Crippen molar-refractivity contribution in [2.24, 2.45) is 0 Å². The van der Waals surface area contributed by atoms with Crippen LogP contribution in [0, 0.1) is 0 Å². The van der Waals surface area contributed by atoms with Gasteiger partial charge in [0, 0.05) is 13.5 Å². The molecule has 0 aliphatic carbocycles. The molecule has 5 aromatic rings. The normalized spacial score (nSPS) is 11.1. The fourth-order valence-corrected chi connectivity index (χ4v) is 5.10. The first kappa shape index (κ1) is 25.8. The van der Waals surface area contributed by atoms with Gasteiger partial charge in [0.2, 0.25) is 11.1 Å². The highest BCUT2D eigenvalue weighted by Gasteiger charge is 2.22. The number of nitrogens with zero attached hydrogens (tertiary/aromatic N) is 5. The van der Waals surface area contributed by atoms with E-state index < -0.39 is 17.2 Å². The Morgan fingerprint density at radius 1 is 1.00 bits per heavy atom. The number of aromatic nitrogens is 5. The first-order valence-corrected chi connectivity index (χ1v) is 13.0. The summed E-state index contributed by atoms with van der Waals surface area (Å²) in [6, 6.07) is 23.3. The second-order valence-corrected chi connectivity index (χ2v) is 9.83. The molecule has 0 fully saturated rings. The largest absolute Gasteiger partial charge is 0.383 e. The van der Waals surface area contributed by atoms with Crippen LogP contribution in [-0.4, -0.2) is 43.1 Å². The maximum Gasteiger partial charge on any atom is 0.330 e. The van der Waals surface area contributed by atoms with E-state index in [0.717, 1.165) is 38.6 Å². The van der Waals surface area contributed by atoms with Gasteiger partial charge in [-0.2, -0.15) is 0 Å². The number of amides is 1. The lowest BCUT2D eigenvalue weighted by Crippen LogP contribution is -2.40. The molecule has 1 amide bonds. The summed E-state index contributed by atoms with van der Waals surface area (Å²) in [5, 5.41) is 10.9. The number of nitrogens with one attached hydrogen (secondary N) is 1. The lowest BCUT2D eigenvalue weighted by molar-refractivity contribution is -0.115. The van der Waals surface area contributed by atoms with Crippen molar-refractivity contribution < 1.29 is 4.79 Å². The van der Waals surface area contributed by atoms with Gasteiger partial charge in [0.25, 0.3) is 5.56 Å². The van der Waals surface area contributed by atoms with Crippen LogP contribution >= 0.6 is 11.8 Å². The molecule has 5 N–H and O–H groups in total. The summed E-state index contributed by atoms with van der Waals surface area (Å²) >= 11 is 1.09. The number of nitrogens with two attached hydrogens (primary N) is 2. The van der Waals surface area contributed by atoms with Crippen LogP contribution in [0.5, 0.6) is 0 Å². The number of anilines is 2. The van der Waals surface area contributed by atoms with Crippen LogP contribution in [0.3, 0.4) is 0 Å². The molecule has 0 bridgehead atoms. The molecule has 11 nitrogen and oxygen atoms in total.